The van der Waals surface area contributed by atoms with E-state index in [0.29, 0.717) is 72.8 Å². The molecule has 9 rings (SSSR count). The Morgan fingerprint density at radius 1 is 0.754 bits per heavy atom. The van der Waals surface area contributed by atoms with Gasteiger partial charge in [0.1, 0.15) is 23.1 Å². The van der Waals surface area contributed by atoms with Gasteiger partial charge in [-0.2, -0.15) is 10.2 Å². The zero-order chi connectivity index (χ0) is 42.8. The van der Waals surface area contributed by atoms with Gasteiger partial charge in [-0.25, -0.2) is 14.8 Å². The summed E-state index contributed by atoms with van der Waals surface area (Å²) in [7, 11) is 7.13. The predicted molar refractivity (Wildman–Crippen MR) is 230 cm³/mol. The summed E-state index contributed by atoms with van der Waals surface area (Å²) in [4.78, 5) is 41.0. The standard InChI is InChI=1S/C22H31N7O3.C20H28N6O3/c1-24-22(30)28-8-5-18-16(13-28)21(26-29(18)14-6-9-31-10-7-14)27(2)20-11-19(17(23)12-25-20)32-15-3-4-15;1-13(27)25-7-4-17-15(12-25)20(23-26(17)14-5-8-29-9-6-14)24(2)19-10-18(28-3)16(21)11-22-19/h11-12,14-15H,3-10,13,23H2,1-2H3,(H,24,30);10-11,14H,4-9,12,21H2,1-3H3. The lowest BCUT2D eigenvalue weighted by Crippen LogP contribution is -2.41. The number of aromatic nitrogens is 6. The first-order valence-electron chi connectivity index (χ1n) is 21.3. The van der Waals surface area contributed by atoms with Crippen molar-refractivity contribution in [2.45, 2.75) is 89.6 Å². The van der Waals surface area contributed by atoms with Crippen LogP contribution >= 0.6 is 0 Å². The number of anilines is 6. The Morgan fingerprint density at radius 3 is 1.70 bits per heavy atom. The molecule has 3 amide bonds. The molecule has 19 heteroatoms. The molecule has 5 aliphatic rings. The number of carbonyl (C=O) groups excluding carboxylic acids is 2. The van der Waals surface area contributed by atoms with Crippen LogP contribution in [0.5, 0.6) is 11.5 Å². The Morgan fingerprint density at radius 2 is 1.23 bits per heavy atom. The van der Waals surface area contributed by atoms with Crippen LogP contribution in [-0.2, 0) is 40.2 Å². The van der Waals surface area contributed by atoms with Gasteiger partial charge in [-0.3, -0.25) is 14.2 Å². The minimum atomic E-state index is -0.0752. The van der Waals surface area contributed by atoms with Crippen LogP contribution in [0, 0.1) is 0 Å². The summed E-state index contributed by atoms with van der Waals surface area (Å²) in [5.41, 5.74) is 17.6. The van der Waals surface area contributed by atoms with Crippen LogP contribution < -0.4 is 36.1 Å². The number of urea groups is 1. The third-order valence-electron chi connectivity index (χ3n) is 12.3. The second-order valence-electron chi connectivity index (χ2n) is 16.3. The number of fused-ring (bicyclic) bond motifs is 2. The number of methoxy groups -OCH3 is 1. The molecule has 61 heavy (non-hydrogen) atoms. The van der Waals surface area contributed by atoms with E-state index >= 15 is 0 Å². The van der Waals surface area contributed by atoms with Crippen LogP contribution in [0.15, 0.2) is 24.5 Å². The summed E-state index contributed by atoms with van der Waals surface area (Å²) in [5, 5.41) is 12.8. The van der Waals surface area contributed by atoms with Crippen molar-refractivity contribution in [3.05, 3.63) is 47.0 Å². The highest BCUT2D eigenvalue weighted by Gasteiger charge is 2.34. The van der Waals surface area contributed by atoms with Gasteiger partial charge in [0.05, 0.1) is 62.2 Å². The molecule has 4 aromatic rings. The first-order valence-corrected chi connectivity index (χ1v) is 21.3. The van der Waals surface area contributed by atoms with Gasteiger partial charge in [0.25, 0.3) is 0 Å². The number of rotatable bonds is 9. The van der Waals surface area contributed by atoms with Crippen LogP contribution in [0.1, 0.15) is 80.0 Å². The van der Waals surface area contributed by atoms with Crippen molar-refractivity contribution in [3.8, 4) is 11.5 Å². The summed E-state index contributed by atoms with van der Waals surface area (Å²) >= 11 is 0. The van der Waals surface area contributed by atoms with Gasteiger partial charge < -0.3 is 55.3 Å². The molecule has 19 nitrogen and oxygen atoms in total. The van der Waals surface area contributed by atoms with Crippen LogP contribution in [0.3, 0.4) is 0 Å². The fourth-order valence-electron chi connectivity index (χ4n) is 8.56. The van der Waals surface area contributed by atoms with E-state index in [4.69, 9.17) is 40.6 Å². The Balaban J connectivity index is 0.000000169. The molecule has 2 saturated heterocycles. The quantitative estimate of drug-likeness (QED) is 0.217. The van der Waals surface area contributed by atoms with Gasteiger partial charge >= 0.3 is 6.03 Å². The number of ether oxygens (including phenoxy) is 4. The number of carbonyl (C=O) groups is 2. The van der Waals surface area contributed by atoms with Gasteiger partial charge in [0.15, 0.2) is 11.6 Å². The largest absolute Gasteiger partial charge is 0.494 e. The topological polar surface area (TPSA) is 210 Å². The van der Waals surface area contributed by atoms with E-state index in [1.54, 1.807) is 39.5 Å². The van der Waals surface area contributed by atoms with Crippen molar-refractivity contribution in [2.75, 3.05) is 89.0 Å². The molecule has 0 atom stereocenters. The van der Waals surface area contributed by atoms with E-state index in [2.05, 4.69) is 24.6 Å². The van der Waals surface area contributed by atoms with Gasteiger partial charge in [-0.05, 0) is 38.5 Å². The van der Waals surface area contributed by atoms with Gasteiger partial charge in [-0.1, -0.05) is 0 Å². The van der Waals surface area contributed by atoms with E-state index in [9.17, 15) is 9.59 Å². The molecule has 1 aliphatic carbocycles. The summed E-state index contributed by atoms with van der Waals surface area (Å²) < 4.78 is 26.7. The Kier molecular flexibility index (Phi) is 12.4. The molecular weight excluding hydrogens is 783 g/mol. The molecule has 0 unspecified atom stereocenters. The zero-order valence-corrected chi connectivity index (χ0v) is 35.9. The lowest BCUT2D eigenvalue weighted by atomic mass is 10.0. The first kappa shape index (κ1) is 41.9. The van der Waals surface area contributed by atoms with Crippen LogP contribution in [0.25, 0.3) is 0 Å². The predicted octanol–water partition coefficient (Wildman–Crippen LogP) is 4.11. The Bertz CT molecular complexity index is 2210. The van der Waals surface area contributed by atoms with Crippen molar-refractivity contribution in [1.82, 2.24) is 44.6 Å². The number of nitrogens with one attached hydrogen (secondary N) is 1. The molecule has 0 aromatic carbocycles. The molecule has 5 N–H and O–H groups in total. The first-order chi connectivity index (χ1) is 29.5. The number of amides is 3. The maximum atomic E-state index is 12.3. The maximum absolute atomic E-state index is 12.3. The number of pyridine rings is 2. The summed E-state index contributed by atoms with van der Waals surface area (Å²) in [5.74, 6) is 4.35. The van der Waals surface area contributed by atoms with Gasteiger partial charge in [0.2, 0.25) is 5.91 Å². The molecule has 4 aliphatic heterocycles. The highest BCUT2D eigenvalue weighted by Crippen LogP contribution is 2.39. The van der Waals surface area contributed by atoms with E-state index in [-0.39, 0.29) is 18.0 Å². The molecule has 0 spiro atoms. The average molecular weight is 842 g/mol. The van der Waals surface area contributed by atoms with E-state index in [0.717, 1.165) is 101 Å². The number of nitrogens with zero attached hydrogens (tertiary/aromatic N) is 10. The average Bonchev–Trinajstić information content (AvgIpc) is 3.91. The fourth-order valence-corrected chi connectivity index (χ4v) is 8.56. The SMILES string of the molecule is CNC(=O)N1CCc2c(c(N(C)c3cc(OC4CC4)c(N)cn3)nn2C2CCOCC2)C1.COc1cc(N(C)c2nn(C3CCOCC3)c3c2CN(C(C)=O)CC3)ncc1N. The molecule has 328 valence electrons. The Labute approximate surface area is 356 Å². The maximum Gasteiger partial charge on any atom is 0.317 e. The number of nitrogen functional groups attached to an aromatic ring is 2. The number of hydrogen-bond acceptors (Lipinski definition) is 14. The second kappa shape index (κ2) is 18.0. The Hall–Kier alpha value is -5.82. The van der Waals surface area contributed by atoms with Crippen molar-refractivity contribution in [1.29, 1.82) is 0 Å². The summed E-state index contributed by atoms with van der Waals surface area (Å²) in [6, 6.07) is 4.23. The highest BCUT2D eigenvalue weighted by molar-refractivity contribution is 5.75. The molecule has 8 heterocycles. The minimum absolute atomic E-state index is 0.0752. The summed E-state index contributed by atoms with van der Waals surface area (Å²) in [6.45, 7) is 7.06. The van der Waals surface area contributed by atoms with Crippen LogP contribution in [-0.4, -0.2) is 125 Å². The molecule has 0 radical (unpaired) electrons. The third-order valence-corrected chi connectivity index (χ3v) is 12.3. The lowest BCUT2D eigenvalue weighted by Gasteiger charge is -2.30. The lowest BCUT2D eigenvalue weighted by molar-refractivity contribution is -0.129. The second-order valence-corrected chi connectivity index (χ2v) is 16.3. The van der Waals surface area contributed by atoms with E-state index < -0.39 is 0 Å². The van der Waals surface area contributed by atoms with Gasteiger partial charge in [-0.15, -0.1) is 0 Å². The van der Waals surface area contributed by atoms with E-state index in [1.807, 2.05) is 39.8 Å². The molecule has 3 fully saturated rings. The summed E-state index contributed by atoms with van der Waals surface area (Å²) in [6.07, 6.45) is 10.9. The number of nitrogens with two attached hydrogens (primary N) is 2. The molecule has 1 saturated carbocycles. The molecular formula is C42H59N13O6. The zero-order valence-electron chi connectivity index (χ0n) is 35.9. The van der Waals surface area contributed by atoms with E-state index in [1.165, 1.54) is 11.4 Å². The fraction of sp³-hybridized carbons (Fsp3) is 0.571. The monoisotopic (exact) mass is 841 g/mol. The molecule has 0 bridgehead atoms. The highest BCUT2D eigenvalue weighted by atomic mass is 16.5. The smallest absolute Gasteiger partial charge is 0.317 e. The molecule has 4 aromatic heterocycles. The van der Waals surface area contributed by atoms with Crippen molar-refractivity contribution in [2.24, 2.45) is 0 Å². The number of hydrogen-bond donors (Lipinski definition) is 3. The van der Waals surface area contributed by atoms with Crippen molar-refractivity contribution in [3.63, 3.8) is 0 Å². The van der Waals surface area contributed by atoms with Crippen molar-refractivity contribution < 1.29 is 28.5 Å². The third kappa shape index (κ3) is 8.84. The normalized spacial score (nSPS) is 18.0. The van der Waals surface area contributed by atoms with Crippen LogP contribution in [0.4, 0.5) is 39.4 Å². The van der Waals surface area contributed by atoms with Crippen molar-refractivity contribution >= 4 is 46.6 Å². The van der Waals surface area contributed by atoms with Crippen LogP contribution in [0.2, 0.25) is 0 Å². The minimum Gasteiger partial charge on any atom is -0.494 e. The van der Waals surface area contributed by atoms with Gasteiger partial charge in [0, 0.05) is 115 Å².